The van der Waals surface area contributed by atoms with Crippen LogP contribution >= 0.6 is 0 Å². The summed E-state index contributed by atoms with van der Waals surface area (Å²) < 4.78 is 0. The summed E-state index contributed by atoms with van der Waals surface area (Å²) in [5.41, 5.74) is 3.30. The summed E-state index contributed by atoms with van der Waals surface area (Å²) in [4.78, 5) is 0. The first-order valence-electron chi connectivity index (χ1n) is 8.18. The van der Waals surface area contributed by atoms with Gasteiger partial charge in [0.25, 0.3) is 0 Å². The number of hydrogen-bond acceptors (Lipinski definition) is 1. The highest BCUT2D eigenvalue weighted by Crippen LogP contribution is 2.51. The molecule has 2 aromatic rings. The van der Waals surface area contributed by atoms with Crippen LogP contribution in [0.4, 0.5) is 0 Å². The second kappa shape index (κ2) is 6.44. The first-order valence-corrected chi connectivity index (χ1v) is 8.18. The van der Waals surface area contributed by atoms with Gasteiger partial charge in [-0.1, -0.05) is 67.6 Å². The van der Waals surface area contributed by atoms with Gasteiger partial charge in [-0.2, -0.15) is 0 Å². The van der Waals surface area contributed by atoms with E-state index in [1.807, 2.05) is 0 Å². The third-order valence-electron chi connectivity index (χ3n) is 4.73. The molecule has 0 spiro atoms. The molecule has 1 saturated carbocycles. The predicted molar refractivity (Wildman–Crippen MR) is 89.6 cm³/mol. The minimum Gasteiger partial charge on any atom is -0.313 e. The molecule has 0 aliphatic heterocycles. The van der Waals surface area contributed by atoms with Gasteiger partial charge in [-0.25, -0.2) is 0 Å². The standard InChI is InChI=1S/C20H25N/c1-2-15-21-19(16-17-9-5-3-6-10-17)20(13-14-20)18-11-7-4-8-12-18/h3-12,19,21H,2,13-16H2,1H3. The fourth-order valence-corrected chi connectivity index (χ4v) is 3.37. The molecule has 1 fully saturated rings. The van der Waals surface area contributed by atoms with Crippen molar-refractivity contribution in [3.8, 4) is 0 Å². The Morgan fingerprint density at radius 1 is 0.952 bits per heavy atom. The van der Waals surface area contributed by atoms with E-state index in [2.05, 4.69) is 72.9 Å². The average Bonchev–Trinajstić information content (AvgIpc) is 3.35. The van der Waals surface area contributed by atoms with Gasteiger partial charge in [0.05, 0.1) is 0 Å². The molecule has 1 aliphatic carbocycles. The van der Waals surface area contributed by atoms with E-state index in [4.69, 9.17) is 0 Å². The summed E-state index contributed by atoms with van der Waals surface area (Å²) in [6, 6.07) is 22.5. The maximum atomic E-state index is 3.82. The van der Waals surface area contributed by atoms with Gasteiger partial charge in [-0.15, -0.1) is 0 Å². The zero-order valence-corrected chi connectivity index (χ0v) is 12.9. The predicted octanol–water partition coefficient (Wildman–Crippen LogP) is 4.33. The quantitative estimate of drug-likeness (QED) is 0.795. The van der Waals surface area contributed by atoms with Crippen LogP contribution in [0.2, 0.25) is 0 Å². The highest BCUT2D eigenvalue weighted by Gasteiger charge is 2.50. The molecule has 1 atom stereocenters. The highest BCUT2D eigenvalue weighted by molar-refractivity contribution is 5.35. The molecule has 110 valence electrons. The molecule has 0 bridgehead atoms. The number of hydrogen-bond donors (Lipinski definition) is 1. The lowest BCUT2D eigenvalue weighted by atomic mass is 9.84. The van der Waals surface area contributed by atoms with Crippen molar-refractivity contribution < 1.29 is 0 Å². The summed E-state index contributed by atoms with van der Waals surface area (Å²) in [7, 11) is 0. The van der Waals surface area contributed by atoms with Crippen molar-refractivity contribution in [1.29, 1.82) is 0 Å². The van der Waals surface area contributed by atoms with Crippen LogP contribution in [0.3, 0.4) is 0 Å². The Balaban J connectivity index is 1.82. The van der Waals surface area contributed by atoms with E-state index in [-0.39, 0.29) is 0 Å². The lowest BCUT2D eigenvalue weighted by Crippen LogP contribution is -2.42. The largest absolute Gasteiger partial charge is 0.313 e. The van der Waals surface area contributed by atoms with Crippen LogP contribution in [-0.2, 0) is 11.8 Å². The molecular weight excluding hydrogens is 254 g/mol. The summed E-state index contributed by atoms with van der Waals surface area (Å²) in [6.07, 6.45) is 4.93. The maximum Gasteiger partial charge on any atom is 0.0204 e. The summed E-state index contributed by atoms with van der Waals surface area (Å²) in [5, 5.41) is 3.82. The van der Waals surface area contributed by atoms with Gasteiger partial charge < -0.3 is 5.32 Å². The first kappa shape index (κ1) is 14.3. The van der Waals surface area contributed by atoms with Crippen molar-refractivity contribution in [1.82, 2.24) is 5.32 Å². The van der Waals surface area contributed by atoms with E-state index < -0.39 is 0 Å². The van der Waals surface area contributed by atoms with Crippen molar-refractivity contribution >= 4 is 0 Å². The number of rotatable bonds is 7. The van der Waals surface area contributed by atoms with Crippen molar-refractivity contribution in [2.24, 2.45) is 0 Å². The topological polar surface area (TPSA) is 12.0 Å². The lowest BCUT2D eigenvalue weighted by Gasteiger charge is -2.29. The van der Waals surface area contributed by atoms with Crippen LogP contribution < -0.4 is 5.32 Å². The fourth-order valence-electron chi connectivity index (χ4n) is 3.37. The van der Waals surface area contributed by atoms with Crippen LogP contribution in [0.1, 0.15) is 37.3 Å². The SMILES string of the molecule is CCCNC(Cc1ccccc1)C1(c2ccccc2)CC1. The van der Waals surface area contributed by atoms with Crippen molar-refractivity contribution in [2.75, 3.05) is 6.54 Å². The van der Waals surface area contributed by atoms with E-state index in [9.17, 15) is 0 Å². The molecule has 1 heteroatoms. The monoisotopic (exact) mass is 279 g/mol. The third-order valence-corrected chi connectivity index (χ3v) is 4.73. The van der Waals surface area contributed by atoms with E-state index in [1.54, 1.807) is 0 Å². The Labute approximate surface area is 128 Å². The molecule has 0 amide bonds. The van der Waals surface area contributed by atoms with Gasteiger partial charge in [-0.05, 0) is 43.4 Å². The summed E-state index contributed by atoms with van der Waals surface area (Å²) in [5.74, 6) is 0. The second-order valence-electron chi connectivity index (χ2n) is 6.22. The molecular formula is C20H25N. The van der Waals surface area contributed by atoms with Crippen molar-refractivity contribution in [3.05, 3.63) is 71.8 Å². The molecule has 21 heavy (non-hydrogen) atoms. The van der Waals surface area contributed by atoms with Crippen LogP contribution in [-0.4, -0.2) is 12.6 Å². The zero-order valence-electron chi connectivity index (χ0n) is 12.9. The Morgan fingerprint density at radius 2 is 1.57 bits per heavy atom. The molecule has 2 aromatic carbocycles. The Bertz CT molecular complexity index is 543. The number of nitrogens with one attached hydrogen (secondary N) is 1. The van der Waals surface area contributed by atoms with Gasteiger partial charge in [0.15, 0.2) is 0 Å². The van der Waals surface area contributed by atoms with Crippen LogP contribution in [0.5, 0.6) is 0 Å². The van der Waals surface area contributed by atoms with Gasteiger partial charge >= 0.3 is 0 Å². The average molecular weight is 279 g/mol. The maximum absolute atomic E-state index is 3.82. The van der Waals surface area contributed by atoms with E-state index in [0.717, 1.165) is 13.0 Å². The molecule has 1 nitrogen and oxygen atoms in total. The van der Waals surface area contributed by atoms with Gasteiger partial charge in [0.1, 0.15) is 0 Å². The number of benzene rings is 2. The van der Waals surface area contributed by atoms with Gasteiger partial charge in [-0.3, -0.25) is 0 Å². The normalized spacial score (nSPS) is 17.4. The molecule has 0 heterocycles. The second-order valence-corrected chi connectivity index (χ2v) is 6.22. The van der Waals surface area contributed by atoms with E-state index in [1.165, 1.54) is 30.4 Å². The smallest absolute Gasteiger partial charge is 0.0204 e. The molecule has 0 radical (unpaired) electrons. The molecule has 1 aliphatic rings. The molecule has 1 N–H and O–H groups in total. The minimum atomic E-state index is 0.353. The first-order chi connectivity index (χ1) is 10.3. The molecule has 0 aromatic heterocycles. The Hall–Kier alpha value is -1.60. The molecule has 0 saturated heterocycles. The Morgan fingerprint density at radius 3 is 2.14 bits per heavy atom. The summed E-state index contributed by atoms with van der Waals surface area (Å²) in [6.45, 7) is 3.35. The summed E-state index contributed by atoms with van der Waals surface area (Å²) >= 11 is 0. The lowest BCUT2D eigenvalue weighted by molar-refractivity contribution is 0.412. The van der Waals surface area contributed by atoms with Crippen molar-refractivity contribution in [3.63, 3.8) is 0 Å². The molecule has 3 rings (SSSR count). The van der Waals surface area contributed by atoms with Gasteiger partial charge in [0.2, 0.25) is 0 Å². The highest BCUT2D eigenvalue weighted by atomic mass is 14.9. The van der Waals surface area contributed by atoms with Crippen LogP contribution in [0.25, 0.3) is 0 Å². The fraction of sp³-hybridized carbons (Fsp3) is 0.400. The van der Waals surface area contributed by atoms with Crippen LogP contribution in [0.15, 0.2) is 60.7 Å². The molecule has 1 unspecified atom stereocenters. The van der Waals surface area contributed by atoms with Crippen LogP contribution in [0, 0.1) is 0 Å². The van der Waals surface area contributed by atoms with E-state index in [0.29, 0.717) is 11.5 Å². The van der Waals surface area contributed by atoms with Gasteiger partial charge in [0, 0.05) is 11.5 Å². The van der Waals surface area contributed by atoms with E-state index >= 15 is 0 Å². The Kier molecular flexibility index (Phi) is 4.40. The van der Waals surface area contributed by atoms with Crippen molar-refractivity contribution in [2.45, 2.75) is 44.1 Å². The minimum absolute atomic E-state index is 0.353. The third kappa shape index (κ3) is 3.19. The zero-order chi connectivity index (χ0) is 14.5.